The van der Waals surface area contributed by atoms with E-state index in [1.807, 2.05) is 18.2 Å². The molecule has 0 fully saturated rings. The van der Waals surface area contributed by atoms with E-state index in [9.17, 15) is 13.2 Å². The number of pyridine rings is 1. The normalized spacial score (nSPS) is 11.1. The van der Waals surface area contributed by atoms with Gasteiger partial charge in [-0.25, -0.2) is 8.42 Å². The van der Waals surface area contributed by atoms with E-state index in [2.05, 4.69) is 10.3 Å². The van der Waals surface area contributed by atoms with Crippen molar-refractivity contribution in [3.63, 3.8) is 0 Å². The molecule has 6 nitrogen and oxygen atoms in total. The van der Waals surface area contributed by atoms with Crippen LogP contribution in [0, 0.1) is 0 Å². The number of anilines is 1. The third-order valence-corrected chi connectivity index (χ3v) is 5.30. The van der Waals surface area contributed by atoms with Crippen LogP contribution in [0.2, 0.25) is 5.02 Å². The van der Waals surface area contributed by atoms with Gasteiger partial charge in [0.15, 0.2) is 9.84 Å². The molecule has 1 amide bonds. The van der Waals surface area contributed by atoms with Gasteiger partial charge in [-0.3, -0.25) is 9.78 Å². The molecule has 2 aromatic carbocycles. The summed E-state index contributed by atoms with van der Waals surface area (Å²) in [5, 5.41) is 3.34. The van der Waals surface area contributed by atoms with Gasteiger partial charge in [0, 0.05) is 34.8 Å². The molecule has 0 radical (unpaired) electrons. The summed E-state index contributed by atoms with van der Waals surface area (Å²) in [7, 11) is -1.79. The zero-order chi connectivity index (χ0) is 21.0. The Morgan fingerprint density at radius 1 is 1.14 bits per heavy atom. The highest BCUT2D eigenvalue weighted by atomic mass is 35.5. The van der Waals surface area contributed by atoms with E-state index in [1.165, 1.54) is 13.2 Å². The first-order valence-corrected chi connectivity index (χ1v) is 11.1. The van der Waals surface area contributed by atoms with E-state index in [0.717, 1.165) is 6.26 Å². The SMILES string of the molecule is COc1cc(C(=O)Nc2ccc(Cl)c(-c3ccccn3)c2)ccc1CS(C)(=O)=O. The molecule has 0 saturated carbocycles. The Morgan fingerprint density at radius 3 is 2.59 bits per heavy atom. The predicted molar refractivity (Wildman–Crippen MR) is 114 cm³/mol. The number of aromatic nitrogens is 1. The molecule has 0 aliphatic heterocycles. The lowest BCUT2D eigenvalue weighted by Crippen LogP contribution is -2.13. The van der Waals surface area contributed by atoms with E-state index in [4.69, 9.17) is 16.3 Å². The highest BCUT2D eigenvalue weighted by Gasteiger charge is 2.15. The van der Waals surface area contributed by atoms with Crippen LogP contribution >= 0.6 is 11.6 Å². The van der Waals surface area contributed by atoms with Gasteiger partial charge in [-0.05, 0) is 42.5 Å². The molecule has 0 spiro atoms. The monoisotopic (exact) mass is 430 g/mol. The van der Waals surface area contributed by atoms with Crippen LogP contribution < -0.4 is 10.1 Å². The minimum Gasteiger partial charge on any atom is -0.496 e. The van der Waals surface area contributed by atoms with Gasteiger partial charge in [0.1, 0.15) is 5.75 Å². The second-order valence-electron chi connectivity index (χ2n) is 6.46. The lowest BCUT2D eigenvalue weighted by molar-refractivity contribution is 0.102. The standard InChI is InChI=1S/C21H19ClN2O4S/c1-28-20-11-14(6-7-15(20)13-29(2,26)27)21(25)24-16-8-9-18(22)17(12-16)19-5-3-4-10-23-19/h3-12H,13H2,1-2H3,(H,24,25). The van der Waals surface area contributed by atoms with Crippen LogP contribution in [0.1, 0.15) is 15.9 Å². The van der Waals surface area contributed by atoms with Crippen molar-refractivity contribution in [2.45, 2.75) is 5.75 Å². The van der Waals surface area contributed by atoms with Crippen molar-refractivity contribution in [2.24, 2.45) is 0 Å². The van der Waals surface area contributed by atoms with E-state index in [-0.39, 0.29) is 11.7 Å². The highest BCUT2D eigenvalue weighted by molar-refractivity contribution is 7.89. The summed E-state index contributed by atoms with van der Waals surface area (Å²) in [6.07, 6.45) is 2.81. The largest absolute Gasteiger partial charge is 0.496 e. The number of methoxy groups -OCH3 is 1. The van der Waals surface area contributed by atoms with E-state index >= 15 is 0 Å². The number of nitrogens with one attached hydrogen (secondary N) is 1. The molecule has 0 aliphatic carbocycles. The number of carbonyl (C=O) groups excluding carboxylic acids is 1. The van der Waals surface area contributed by atoms with Crippen molar-refractivity contribution in [3.05, 3.63) is 76.9 Å². The number of ether oxygens (including phenoxy) is 1. The third kappa shape index (κ3) is 5.34. The number of nitrogens with zero attached hydrogens (tertiary/aromatic N) is 1. The van der Waals surface area contributed by atoms with Crippen molar-refractivity contribution < 1.29 is 17.9 Å². The van der Waals surface area contributed by atoms with Crippen molar-refractivity contribution >= 4 is 33.0 Å². The first kappa shape index (κ1) is 20.8. The number of hydrogen-bond donors (Lipinski definition) is 1. The fraction of sp³-hybridized carbons (Fsp3) is 0.143. The smallest absolute Gasteiger partial charge is 0.255 e. The molecule has 150 valence electrons. The van der Waals surface area contributed by atoms with Gasteiger partial charge in [0.05, 0.1) is 23.6 Å². The molecule has 1 N–H and O–H groups in total. The highest BCUT2D eigenvalue weighted by Crippen LogP contribution is 2.29. The van der Waals surface area contributed by atoms with Crippen LogP contribution in [0.15, 0.2) is 60.8 Å². The molecule has 8 heteroatoms. The summed E-state index contributed by atoms with van der Waals surface area (Å²) in [4.78, 5) is 17.0. The van der Waals surface area contributed by atoms with Crippen LogP contribution in [-0.2, 0) is 15.6 Å². The Balaban J connectivity index is 1.85. The number of amides is 1. The summed E-state index contributed by atoms with van der Waals surface area (Å²) < 4.78 is 28.4. The molecule has 0 aliphatic rings. The minimum absolute atomic E-state index is 0.164. The molecule has 0 unspecified atom stereocenters. The average molecular weight is 431 g/mol. The number of halogens is 1. The summed E-state index contributed by atoms with van der Waals surface area (Å²) in [6, 6.07) is 15.3. The average Bonchev–Trinajstić information content (AvgIpc) is 2.69. The van der Waals surface area contributed by atoms with Crippen LogP contribution in [0.4, 0.5) is 5.69 Å². The second kappa shape index (κ2) is 8.63. The third-order valence-electron chi connectivity index (χ3n) is 4.13. The van der Waals surface area contributed by atoms with E-state index < -0.39 is 9.84 Å². The number of hydrogen-bond acceptors (Lipinski definition) is 5. The van der Waals surface area contributed by atoms with E-state index in [0.29, 0.717) is 38.8 Å². The Kier molecular flexibility index (Phi) is 6.20. The Labute approximate surface area is 174 Å². The molecule has 3 aromatic rings. The van der Waals surface area contributed by atoms with Crippen LogP contribution in [0.25, 0.3) is 11.3 Å². The first-order valence-electron chi connectivity index (χ1n) is 8.64. The quantitative estimate of drug-likeness (QED) is 0.633. The number of rotatable bonds is 6. The summed E-state index contributed by atoms with van der Waals surface area (Å²) in [6.45, 7) is 0. The van der Waals surface area contributed by atoms with Crippen molar-refractivity contribution in [2.75, 3.05) is 18.7 Å². The fourth-order valence-corrected chi connectivity index (χ4v) is 3.83. The molecule has 0 bridgehead atoms. The number of sulfone groups is 1. The van der Waals surface area contributed by atoms with Gasteiger partial charge in [0.2, 0.25) is 0 Å². The van der Waals surface area contributed by atoms with Crippen molar-refractivity contribution in [3.8, 4) is 17.0 Å². The zero-order valence-electron chi connectivity index (χ0n) is 15.8. The van der Waals surface area contributed by atoms with E-state index in [1.54, 1.807) is 36.5 Å². The molecular formula is C21H19ClN2O4S. The van der Waals surface area contributed by atoms with Gasteiger partial charge in [-0.1, -0.05) is 23.7 Å². The molecule has 3 rings (SSSR count). The fourth-order valence-electron chi connectivity index (χ4n) is 2.81. The second-order valence-corrected chi connectivity index (χ2v) is 9.01. The van der Waals surface area contributed by atoms with Crippen molar-refractivity contribution in [1.82, 2.24) is 4.98 Å². The molecule has 1 heterocycles. The van der Waals surface area contributed by atoms with Crippen LogP contribution in [0.5, 0.6) is 5.75 Å². The number of benzene rings is 2. The first-order chi connectivity index (χ1) is 13.8. The van der Waals surface area contributed by atoms with Crippen LogP contribution in [-0.4, -0.2) is 32.7 Å². The molecular weight excluding hydrogens is 412 g/mol. The van der Waals surface area contributed by atoms with Gasteiger partial charge in [-0.2, -0.15) is 0 Å². The maximum absolute atomic E-state index is 12.7. The topological polar surface area (TPSA) is 85.4 Å². The maximum atomic E-state index is 12.7. The van der Waals surface area contributed by atoms with Gasteiger partial charge < -0.3 is 10.1 Å². The Hall–Kier alpha value is -2.90. The minimum atomic E-state index is -3.23. The lowest BCUT2D eigenvalue weighted by atomic mass is 10.1. The van der Waals surface area contributed by atoms with Crippen molar-refractivity contribution in [1.29, 1.82) is 0 Å². The molecule has 0 saturated heterocycles. The summed E-state index contributed by atoms with van der Waals surface area (Å²) in [5.74, 6) is -0.181. The predicted octanol–water partition coefficient (Wildman–Crippen LogP) is 4.21. The molecule has 1 aromatic heterocycles. The molecule has 0 atom stereocenters. The lowest BCUT2D eigenvalue weighted by Gasteiger charge is -2.12. The number of carbonyl (C=O) groups is 1. The van der Waals surface area contributed by atoms with Gasteiger partial charge >= 0.3 is 0 Å². The summed E-state index contributed by atoms with van der Waals surface area (Å²) in [5.41, 5.74) is 2.79. The van der Waals surface area contributed by atoms with Gasteiger partial charge in [-0.15, -0.1) is 0 Å². The van der Waals surface area contributed by atoms with Gasteiger partial charge in [0.25, 0.3) is 5.91 Å². The Bertz CT molecular complexity index is 1150. The zero-order valence-corrected chi connectivity index (χ0v) is 17.4. The maximum Gasteiger partial charge on any atom is 0.255 e. The van der Waals surface area contributed by atoms with Crippen LogP contribution in [0.3, 0.4) is 0 Å². The summed E-state index contributed by atoms with van der Waals surface area (Å²) >= 11 is 6.28. The Morgan fingerprint density at radius 2 is 1.93 bits per heavy atom. The molecule has 29 heavy (non-hydrogen) atoms.